The van der Waals surface area contributed by atoms with E-state index in [-0.39, 0.29) is 0 Å². The lowest BCUT2D eigenvalue weighted by Crippen LogP contribution is -2.03. The number of thioether (sulfide) groups is 1. The molecule has 1 aliphatic rings. The first-order valence-electron chi connectivity index (χ1n) is 7.36. The Labute approximate surface area is 125 Å². The van der Waals surface area contributed by atoms with E-state index in [0.29, 0.717) is 0 Å². The Morgan fingerprint density at radius 2 is 1.95 bits per heavy atom. The monoisotopic (exact) mass is 283 g/mol. The van der Waals surface area contributed by atoms with Gasteiger partial charge in [0, 0.05) is 22.9 Å². The molecule has 1 nitrogen and oxygen atoms in total. The third-order valence-electron chi connectivity index (χ3n) is 3.79. The predicted octanol–water partition coefficient (Wildman–Crippen LogP) is 4.69. The van der Waals surface area contributed by atoms with Crippen LogP contribution in [0, 0.1) is 6.92 Å². The van der Waals surface area contributed by atoms with Crippen molar-refractivity contribution < 1.29 is 0 Å². The fraction of sp³-hybridized carbons (Fsp3) is 0.333. The van der Waals surface area contributed by atoms with Crippen molar-refractivity contribution in [1.29, 1.82) is 0 Å². The Morgan fingerprint density at radius 1 is 1.05 bits per heavy atom. The van der Waals surface area contributed by atoms with E-state index in [2.05, 4.69) is 54.7 Å². The SMILES string of the molecule is Cc1cccc(NCCSc2ccc3c(c2)CCC3)c1. The zero-order valence-electron chi connectivity index (χ0n) is 12.0. The number of aryl methyl sites for hydroxylation is 3. The standard InChI is InChI=1S/C18H21NS/c1-14-4-2-7-17(12-14)19-10-11-20-18-9-8-15-5-3-6-16(15)13-18/h2,4,7-9,12-13,19H,3,5-6,10-11H2,1H3. The average Bonchev–Trinajstić information content (AvgIpc) is 2.91. The Kier molecular flexibility index (Phi) is 4.31. The van der Waals surface area contributed by atoms with E-state index in [1.54, 1.807) is 11.1 Å². The summed E-state index contributed by atoms with van der Waals surface area (Å²) in [7, 11) is 0. The fourth-order valence-corrected chi connectivity index (χ4v) is 3.59. The van der Waals surface area contributed by atoms with Gasteiger partial charge in [-0.3, -0.25) is 0 Å². The normalized spacial score (nSPS) is 13.2. The van der Waals surface area contributed by atoms with Crippen LogP contribution in [0.2, 0.25) is 0 Å². The van der Waals surface area contributed by atoms with Crippen molar-refractivity contribution in [3.63, 3.8) is 0 Å². The summed E-state index contributed by atoms with van der Waals surface area (Å²) in [6.45, 7) is 3.13. The number of anilines is 1. The van der Waals surface area contributed by atoms with Crippen molar-refractivity contribution in [3.8, 4) is 0 Å². The molecule has 0 saturated heterocycles. The summed E-state index contributed by atoms with van der Waals surface area (Å²) >= 11 is 1.95. The quantitative estimate of drug-likeness (QED) is 0.631. The molecule has 0 aromatic heterocycles. The second kappa shape index (κ2) is 6.36. The van der Waals surface area contributed by atoms with E-state index in [4.69, 9.17) is 0 Å². The third kappa shape index (κ3) is 3.37. The third-order valence-corrected chi connectivity index (χ3v) is 4.78. The Hall–Kier alpha value is -1.41. The van der Waals surface area contributed by atoms with Gasteiger partial charge in [-0.1, -0.05) is 18.2 Å². The molecule has 0 bridgehead atoms. The molecule has 0 unspecified atom stereocenters. The molecule has 0 fully saturated rings. The number of rotatable bonds is 5. The minimum absolute atomic E-state index is 1.01. The topological polar surface area (TPSA) is 12.0 Å². The molecule has 2 aromatic rings. The summed E-state index contributed by atoms with van der Waals surface area (Å²) in [5.41, 5.74) is 5.66. The molecule has 0 saturated carbocycles. The van der Waals surface area contributed by atoms with Crippen LogP contribution in [-0.2, 0) is 12.8 Å². The Balaban J connectivity index is 1.48. The van der Waals surface area contributed by atoms with Gasteiger partial charge in [0.05, 0.1) is 0 Å². The highest BCUT2D eigenvalue weighted by Gasteiger charge is 2.10. The molecule has 20 heavy (non-hydrogen) atoms. The number of fused-ring (bicyclic) bond motifs is 1. The van der Waals surface area contributed by atoms with Crippen molar-refractivity contribution in [2.24, 2.45) is 0 Å². The molecule has 1 N–H and O–H groups in total. The first kappa shape index (κ1) is 13.6. The minimum Gasteiger partial charge on any atom is -0.384 e. The lowest BCUT2D eigenvalue weighted by Gasteiger charge is -2.08. The second-order valence-corrected chi connectivity index (χ2v) is 6.60. The van der Waals surface area contributed by atoms with Crippen molar-refractivity contribution >= 4 is 17.4 Å². The van der Waals surface area contributed by atoms with Crippen LogP contribution in [0.25, 0.3) is 0 Å². The first-order chi connectivity index (χ1) is 9.81. The van der Waals surface area contributed by atoms with Gasteiger partial charge in [0.2, 0.25) is 0 Å². The van der Waals surface area contributed by atoms with Crippen LogP contribution in [0.3, 0.4) is 0 Å². The molecule has 0 heterocycles. The molecule has 0 aliphatic heterocycles. The van der Waals surface area contributed by atoms with Crippen LogP contribution in [0.15, 0.2) is 47.4 Å². The summed E-state index contributed by atoms with van der Waals surface area (Å²) in [6, 6.07) is 15.5. The maximum absolute atomic E-state index is 3.49. The Bertz CT molecular complexity index is 592. The predicted molar refractivity (Wildman–Crippen MR) is 88.9 cm³/mol. The number of hydrogen-bond acceptors (Lipinski definition) is 2. The summed E-state index contributed by atoms with van der Waals surface area (Å²) < 4.78 is 0. The number of benzene rings is 2. The Morgan fingerprint density at radius 3 is 2.85 bits per heavy atom. The summed E-state index contributed by atoms with van der Waals surface area (Å²) in [5, 5.41) is 3.49. The molecular weight excluding hydrogens is 262 g/mol. The molecule has 1 aliphatic carbocycles. The number of hydrogen-bond donors (Lipinski definition) is 1. The average molecular weight is 283 g/mol. The fourth-order valence-electron chi connectivity index (χ4n) is 2.76. The highest BCUT2D eigenvalue weighted by molar-refractivity contribution is 7.99. The summed E-state index contributed by atoms with van der Waals surface area (Å²) in [4.78, 5) is 1.41. The van der Waals surface area contributed by atoms with E-state index in [0.717, 1.165) is 12.3 Å². The van der Waals surface area contributed by atoms with E-state index in [9.17, 15) is 0 Å². The molecule has 0 spiro atoms. The van der Waals surface area contributed by atoms with Gasteiger partial charge in [0.25, 0.3) is 0 Å². The maximum Gasteiger partial charge on any atom is 0.0343 e. The second-order valence-electron chi connectivity index (χ2n) is 5.43. The zero-order valence-corrected chi connectivity index (χ0v) is 12.8. The van der Waals surface area contributed by atoms with Gasteiger partial charge in [0.1, 0.15) is 0 Å². The van der Waals surface area contributed by atoms with Crippen LogP contribution in [0.4, 0.5) is 5.69 Å². The molecule has 0 radical (unpaired) electrons. The smallest absolute Gasteiger partial charge is 0.0343 e. The van der Waals surface area contributed by atoms with Crippen molar-refractivity contribution in [1.82, 2.24) is 0 Å². The summed E-state index contributed by atoms with van der Waals surface area (Å²) in [5.74, 6) is 1.10. The van der Waals surface area contributed by atoms with Gasteiger partial charge in [-0.15, -0.1) is 11.8 Å². The van der Waals surface area contributed by atoms with Crippen LogP contribution in [-0.4, -0.2) is 12.3 Å². The van der Waals surface area contributed by atoms with E-state index < -0.39 is 0 Å². The van der Waals surface area contributed by atoms with Crippen LogP contribution < -0.4 is 5.32 Å². The van der Waals surface area contributed by atoms with Crippen molar-refractivity contribution in [2.45, 2.75) is 31.1 Å². The highest BCUT2D eigenvalue weighted by Crippen LogP contribution is 2.27. The van der Waals surface area contributed by atoms with Crippen LogP contribution in [0.5, 0.6) is 0 Å². The maximum atomic E-state index is 3.49. The molecular formula is C18H21NS. The van der Waals surface area contributed by atoms with Gasteiger partial charge in [-0.2, -0.15) is 0 Å². The lowest BCUT2D eigenvalue weighted by atomic mass is 10.1. The first-order valence-corrected chi connectivity index (χ1v) is 8.35. The molecule has 2 aromatic carbocycles. The van der Waals surface area contributed by atoms with Gasteiger partial charge in [0.15, 0.2) is 0 Å². The van der Waals surface area contributed by atoms with Gasteiger partial charge in [-0.25, -0.2) is 0 Å². The van der Waals surface area contributed by atoms with Crippen LogP contribution in [0.1, 0.15) is 23.1 Å². The largest absolute Gasteiger partial charge is 0.384 e. The molecule has 3 rings (SSSR count). The van der Waals surface area contributed by atoms with E-state index in [1.165, 1.54) is 35.4 Å². The molecule has 0 amide bonds. The van der Waals surface area contributed by atoms with E-state index >= 15 is 0 Å². The zero-order chi connectivity index (χ0) is 13.8. The molecule has 2 heteroatoms. The van der Waals surface area contributed by atoms with Crippen molar-refractivity contribution in [3.05, 3.63) is 59.2 Å². The van der Waals surface area contributed by atoms with Gasteiger partial charge < -0.3 is 5.32 Å². The van der Waals surface area contributed by atoms with Gasteiger partial charge >= 0.3 is 0 Å². The van der Waals surface area contributed by atoms with E-state index in [1.807, 2.05) is 11.8 Å². The van der Waals surface area contributed by atoms with Gasteiger partial charge in [-0.05, 0) is 67.1 Å². The molecule has 104 valence electrons. The minimum atomic E-state index is 1.01. The van der Waals surface area contributed by atoms with Crippen LogP contribution >= 0.6 is 11.8 Å². The molecule has 0 atom stereocenters. The lowest BCUT2D eigenvalue weighted by molar-refractivity contribution is 0.911. The summed E-state index contributed by atoms with van der Waals surface area (Å²) in [6.07, 6.45) is 3.87. The van der Waals surface area contributed by atoms with Crippen molar-refractivity contribution in [2.75, 3.05) is 17.6 Å². The number of nitrogens with one attached hydrogen (secondary N) is 1. The highest BCUT2D eigenvalue weighted by atomic mass is 32.2.